The largest absolute Gasteiger partial charge is 0.339 e. The highest BCUT2D eigenvalue weighted by Crippen LogP contribution is 2.25. The molecule has 0 radical (unpaired) electrons. The van der Waals surface area contributed by atoms with Crippen molar-refractivity contribution in [2.75, 3.05) is 0 Å². The van der Waals surface area contributed by atoms with Gasteiger partial charge >= 0.3 is 0 Å². The molecular formula is C15H17N3O2. The first-order valence-corrected chi connectivity index (χ1v) is 6.98. The van der Waals surface area contributed by atoms with Crippen molar-refractivity contribution >= 4 is 5.78 Å². The van der Waals surface area contributed by atoms with Gasteiger partial charge in [0.05, 0.1) is 0 Å². The summed E-state index contributed by atoms with van der Waals surface area (Å²) in [5, 5.41) is 4.00. The predicted molar refractivity (Wildman–Crippen MR) is 72.9 cm³/mol. The van der Waals surface area contributed by atoms with Gasteiger partial charge in [-0.3, -0.25) is 9.78 Å². The number of pyridine rings is 1. The Morgan fingerprint density at radius 3 is 2.80 bits per heavy atom. The Kier molecular flexibility index (Phi) is 3.58. The molecule has 2 aromatic rings. The third-order valence-electron chi connectivity index (χ3n) is 3.76. The van der Waals surface area contributed by atoms with Crippen LogP contribution in [-0.4, -0.2) is 20.9 Å². The number of nitrogens with zero attached hydrogens (tertiary/aromatic N) is 3. The van der Waals surface area contributed by atoms with E-state index in [2.05, 4.69) is 15.1 Å². The fraction of sp³-hybridized carbons (Fsp3) is 0.467. The minimum absolute atomic E-state index is 0.373. The van der Waals surface area contributed by atoms with Crippen LogP contribution in [0.1, 0.15) is 37.3 Å². The van der Waals surface area contributed by atoms with Crippen LogP contribution in [0.25, 0.3) is 11.4 Å². The first kappa shape index (κ1) is 13.0. The van der Waals surface area contributed by atoms with Crippen LogP contribution in [0.4, 0.5) is 0 Å². The molecule has 3 rings (SSSR count). The van der Waals surface area contributed by atoms with Crippen LogP contribution in [-0.2, 0) is 11.2 Å². The molecule has 0 aliphatic heterocycles. The van der Waals surface area contributed by atoms with Gasteiger partial charge in [-0.05, 0) is 37.8 Å². The van der Waals surface area contributed by atoms with Crippen molar-refractivity contribution in [3.63, 3.8) is 0 Å². The maximum atomic E-state index is 11.2. The zero-order chi connectivity index (χ0) is 13.9. The Morgan fingerprint density at radius 2 is 2.10 bits per heavy atom. The topological polar surface area (TPSA) is 68.9 Å². The Hall–Kier alpha value is -2.04. The zero-order valence-electron chi connectivity index (χ0n) is 11.5. The van der Waals surface area contributed by atoms with Crippen LogP contribution in [0.5, 0.6) is 0 Å². The molecule has 0 atom stereocenters. The summed E-state index contributed by atoms with van der Waals surface area (Å²) in [7, 11) is 0. The molecule has 0 bridgehead atoms. The number of rotatable bonds is 3. The van der Waals surface area contributed by atoms with Crippen molar-refractivity contribution in [1.82, 2.24) is 15.1 Å². The lowest BCUT2D eigenvalue weighted by Gasteiger charge is -2.18. The molecule has 5 heteroatoms. The van der Waals surface area contributed by atoms with E-state index in [1.165, 1.54) is 0 Å². The quantitative estimate of drug-likeness (QED) is 0.858. The maximum absolute atomic E-state index is 11.2. The highest BCUT2D eigenvalue weighted by atomic mass is 16.5. The molecule has 2 heterocycles. The molecule has 1 aliphatic carbocycles. The molecule has 0 saturated heterocycles. The number of carbonyl (C=O) groups excluding carboxylic acids is 1. The van der Waals surface area contributed by atoms with Crippen molar-refractivity contribution < 1.29 is 9.32 Å². The van der Waals surface area contributed by atoms with Gasteiger partial charge in [-0.2, -0.15) is 4.98 Å². The molecule has 1 saturated carbocycles. The molecule has 1 fully saturated rings. The van der Waals surface area contributed by atoms with E-state index in [-0.39, 0.29) is 0 Å². The lowest BCUT2D eigenvalue weighted by Crippen LogP contribution is -2.15. The van der Waals surface area contributed by atoms with Crippen molar-refractivity contribution in [2.45, 2.75) is 39.0 Å². The summed E-state index contributed by atoms with van der Waals surface area (Å²) in [6.07, 6.45) is 5.76. The second kappa shape index (κ2) is 5.53. The van der Waals surface area contributed by atoms with Crippen LogP contribution < -0.4 is 0 Å². The van der Waals surface area contributed by atoms with E-state index in [0.29, 0.717) is 36.3 Å². The van der Waals surface area contributed by atoms with Gasteiger partial charge in [0.25, 0.3) is 0 Å². The highest BCUT2D eigenvalue weighted by Gasteiger charge is 2.21. The summed E-state index contributed by atoms with van der Waals surface area (Å²) in [5.41, 5.74) is 1.83. The van der Waals surface area contributed by atoms with Crippen LogP contribution >= 0.6 is 0 Å². The number of hydrogen-bond acceptors (Lipinski definition) is 5. The molecule has 0 aromatic carbocycles. The van der Waals surface area contributed by atoms with Crippen LogP contribution in [0.3, 0.4) is 0 Å². The summed E-state index contributed by atoms with van der Waals surface area (Å²) < 4.78 is 5.31. The molecular weight excluding hydrogens is 254 g/mol. The Balaban J connectivity index is 1.67. The van der Waals surface area contributed by atoms with Gasteiger partial charge < -0.3 is 4.52 Å². The number of carbonyl (C=O) groups is 1. The molecule has 0 N–H and O–H groups in total. The fourth-order valence-corrected chi connectivity index (χ4v) is 2.51. The fourth-order valence-electron chi connectivity index (χ4n) is 2.51. The van der Waals surface area contributed by atoms with Gasteiger partial charge in [0.1, 0.15) is 5.78 Å². The molecule has 1 aliphatic rings. The minimum atomic E-state index is 0.373. The number of ketones is 1. The normalized spacial score (nSPS) is 16.6. The lowest BCUT2D eigenvalue weighted by molar-refractivity contribution is -0.121. The van der Waals surface area contributed by atoms with E-state index in [0.717, 1.165) is 30.5 Å². The standard InChI is InChI=1S/C15H17N3O2/c1-10-2-5-12(9-16-10)15-17-14(20-18-15)8-11-3-6-13(19)7-4-11/h2,5,9,11H,3-4,6-8H2,1H3. The van der Waals surface area contributed by atoms with Crippen molar-refractivity contribution in [3.8, 4) is 11.4 Å². The lowest BCUT2D eigenvalue weighted by atomic mass is 9.86. The molecule has 0 amide bonds. The Labute approximate surface area is 117 Å². The number of aromatic nitrogens is 3. The number of hydrogen-bond donors (Lipinski definition) is 0. The van der Waals surface area contributed by atoms with E-state index in [1.807, 2.05) is 19.1 Å². The van der Waals surface area contributed by atoms with E-state index in [4.69, 9.17) is 4.52 Å². The van der Waals surface area contributed by atoms with Crippen molar-refractivity contribution in [3.05, 3.63) is 29.9 Å². The molecule has 104 valence electrons. The van der Waals surface area contributed by atoms with Gasteiger partial charge in [0.15, 0.2) is 0 Å². The first-order chi connectivity index (χ1) is 9.70. The monoisotopic (exact) mass is 271 g/mol. The average Bonchev–Trinajstić information content (AvgIpc) is 2.91. The summed E-state index contributed by atoms with van der Waals surface area (Å²) in [5.74, 6) is 2.09. The van der Waals surface area contributed by atoms with Crippen molar-refractivity contribution in [2.24, 2.45) is 5.92 Å². The zero-order valence-corrected chi connectivity index (χ0v) is 11.5. The Morgan fingerprint density at radius 1 is 1.30 bits per heavy atom. The van der Waals surface area contributed by atoms with E-state index < -0.39 is 0 Å². The summed E-state index contributed by atoms with van der Waals surface area (Å²) in [4.78, 5) is 19.9. The second-order valence-electron chi connectivity index (χ2n) is 5.39. The van der Waals surface area contributed by atoms with Gasteiger partial charge in [-0.15, -0.1) is 0 Å². The van der Waals surface area contributed by atoms with Gasteiger partial charge in [-0.1, -0.05) is 5.16 Å². The smallest absolute Gasteiger partial charge is 0.227 e. The van der Waals surface area contributed by atoms with Gasteiger partial charge in [-0.25, -0.2) is 0 Å². The highest BCUT2D eigenvalue weighted by molar-refractivity contribution is 5.79. The average molecular weight is 271 g/mol. The third kappa shape index (κ3) is 2.92. The SMILES string of the molecule is Cc1ccc(-c2noc(CC3CCC(=O)CC3)n2)cn1. The van der Waals surface area contributed by atoms with Gasteiger partial charge in [0, 0.05) is 36.7 Å². The summed E-state index contributed by atoms with van der Waals surface area (Å²) >= 11 is 0. The number of Topliss-reactive ketones (excluding diaryl/α,β-unsaturated/α-hetero) is 1. The maximum Gasteiger partial charge on any atom is 0.227 e. The van der Waals surface area contributed by atoms with Crippen molar-refractivity contribution in [1.29, 1.82) is 0 Å². The van der Waals surface area contributed by atoms with Crippen LogP contribution in [0, 0.1) is 12.8 Å². The molecule has 0 unspecified atom stereocenters. The molecule has 20 heavy (non-hydrogen) atoms. The predicted octanol–water partition coefficient (Wildman–Crippen LogP) is 2.74. The minimum Gasteiger partial charge on any atom is -0.339 e. The van der Waals surface area contributed by atoms with E-state index >= 15 is 0 Å². The molecule has 0 spiro atoms. The Bertz CT molecular complexity index is 594. The first-order valence-electron chi connectivity index (χ1n) is 6.98. The third-order valence-corrected chi connectivity index (χ3v) is 3.76. The van der Waals surface area contributed by atoms with E-state index in [1.54, 1.807) is 6.20 Å². The number of aryl methyl sites for hydroxylation is 1. The second-order valence-corrected chi connectivity index (χ2v) is 5.39. The summed E-state index contributed by atoms with van der Waals surface area (Å²) in [6, 6.07) is 3.87. The molecule has 5 nitrogen and oxygen atoms in total. The molecule has 2 aromatic heterocycles. The van der Waals surface area contributed by atoms with Crippen LogP contribution in [0.15, 0.2) is 22.9 Å². The van der Waals surface area contributed by atoms with Crippen LogP contribution in [0.2, 0.25) is 0 Å². The van der Waals surface area contributed by atoms with E-state index in [9.17, 15) is 4.79 Å². The van der Waals surface area contributed by atoms with Gasteiger partial charge in [0.2, 0.25) is 11.7 Å². The summed E-state index contributed by atoms with van der Waals surface area (Å²) in [6.45, 7) is 1.94.